The summed E-state index contributed by atoms with van der Waals surface area (Å²) in [5.41, 5.74) is 0. The van der Waals surface area contributed by atoms with E-state index in [4.69, 9.17) is 8.85 Å². The molecule has 104 valence electrons. The maximum atomic E-state index is 5.90. The number of hydrogen-bond donors (Lipinski definition) is 0. The summed E-state index contributed by atoms with van der Waals surface area (Å²) in [6.07, 6.45) is 0. The minimum Gasteiger partial charge on any atom is -0.394 e. The predicted octanol–water partition coefficient (Wildman–Crippen LogP) is 4.41. The average molecular weight is 295 g/mol. The second-order valence-electron chi connectivity index (χ2n) is 6.05. The van der Waals surface area contributed by atoms with Gasteiger partial charge in [0.05, 0.1) is 0 Å². The van der Waals surface area contributed by atoms with Crippen LogP contribution in [0.3, 0.4) is 0 Å². The van der Waals surface area contributed by atoms with Gasteiger partial charge < -0.3 is 8.85 Å². The summed E-state index contributed by atoms with van der Waals surface area (Å²) in [6, 6.07) is 0. The lowest BCUT2D eigenvalue weighted by Crippen LogP contribution is -2.45. The highest BCUT2D eigenvalue weighted by molar-refractivity contribution is 8.29. The molecule has 0 aromatic carbocycles. The van der Waals surface area contributed by atoms with Gasteiger partial charge in [-0.25, -0.2) is 0 Å². The molecule has 0 aliphatic heterocycles. The van der Waals surface area contributed by atoms with E-state index in [0.29, 0.717) is 5.04 Å². The molecular formula is C12H30O2SSi2. The van der Waals surface area contributed by atoms with Gasteiger partial charge in [-0.15, -0.1) is 0 Å². The van der Waals surface area contributed by atoms with Crippen molar-refractivity contribution in [3.63, 3.8) is 0 Å². The molecule has 0 rings (SSSR count). The van der Waals surface area contributed by atoms with Crippen LogP contribution in [-0.2, 0) is 8.85 Å². The molecule has 0 aromatic heterocycles. The summed E-state index contributed by atoms with van der Waals surface area (Å²) in [7, 11) is -3.22. The third-order valence-corrected chi connectivity index (χ3v) is 17.5. The Balaban J connectivity index is 4.50. The van der Waals surface area contributed by atoms with Gasteiger partial charge in [-0.3, -0.25) is 0 Å². The molecule has 2 nitrogen and oxygen atoms in total. The van der Waals surface area contributed by atoms with E-state index in [1.165, 1.54) is 0 Å². The summed E-state index contributed by atoms with van der Waals surface area (Å²) >= 11 is 2.12. The topological polar surface area (TPSA) is 18.5 Å². The van der Waals surface area contributed by atoms with Crippen molar-refractivity contribution >= 4 is 27.0 Å². The molecule has 0 saturated heterocycles. The molecule has 0 radical (unpaired) electrons. The van der Waals surface area contributed by atoms with Gasteiger partial charge >= 0.3 is 8.56 Å². The molecule has 0 aliphatic carbocycles. The van der Waals surface area contributed by atoms with Crippen LogP contribution < -0.4 is 0 Å². The minimum atomic E-state index is -1.94. The van der Waals surface area contributed by atoms with Crippen molar-refractivity contribution in [2.75, 3.05) is 18.6 Å². The number of hydrogen-bond acceptors (Lipinski definition) is 3. The lowest BCUT2D eigenvalue weighted by atomic mass is 10.2. The quantitative estimate of drug-likeness (QED) is 0.648. The highest BCUT2D eigenvalue weighted by Crippen LogP contribution is 2.44. The van der Waals surface area contributed by atoms with Gasteiger partial charge in [-0.05, 0) is 25.4 Å². The Labute approximate surface area is 114 Å². The minimum absolute atomic E-state index is 0.422. The van der Waals surface area contributed by atoms with E-state index < -0.39 is 15.8 Å². The normalized spacial score (nSPS) is 14.1. The van der Waals surface area contributed by atoms with Crippen LogP contribution in [0.25, 0.3) is 0 Å². The molecule has 17 heavy (non-hydrogen) atoms. The van der Waals surface area contributed by atoms with Crippen LogP contribution in [0.15, 0.2) is 0 Å². The molecule has 0 fully saturated rings. The van der Waals surface area contributed by atoms with Gasteiger partial charge in [0.1, 0.15) is 7.22 Å². The van der Waals surface area contributed by atoms with Crippen molar-refractivity contribution < 1.29 is 8.85 Å². The van der Waals surface area contributed by atoms with Gasteiger partial charge in [0.25, 0.3) is 0 Å². The van der Waals surface area contributed by atoms with Crippen LogP contribution in [0.1, 0.15) is 34.6 Å². The second kappa shape index (κ2) is 6.75. The van der Waals surface area contributed by atoms with Crippen LogP contribution in [0, 0.1) is 0 Å². The maximum absolute atomic E-state index is 5.90. The van der Waals surface area contributed by atoms with Crippen molar-refractivity contribution in [3.05, 3.63) is 0 Å². The van der Waals surface area contributed by atoms with Crippen LogP contribution in [0.2, 0.25) is 24.7 Å². The lowest BCUT2D eigenvalue weighted by Gasteiger charge is -2.38. The molecule has 0 saturated carbocycles. The summed E-state index contributed by atoms with van der Waals surface area (Å²) in [5.74, 6) is 0. The standard InChI is InChI=1S/C12H30O2SSi2/c1-9-13-17(8,14-10-2)11-15-16(6,7)12(3,4)5/h9-11H2,1-8H3. The van der Waals surface area contributed by atoms with Crippen molar-refractivity contribution in [1.82, 2.24) is 0 Å². The van der Waals surface area contributed by atoms with Crippen molar-refractivity contribution in [2.45, 2.75) is 59.3 Å². The molecule has 0 aliphatic rings. The fourth-order valence-electron chi connectivity index (χ4n) is 1.26. The second-order valence-corrected chi connectivity index (χ2v) is 18.8. The van der Waals surface area contributed by atoms with Gasteiger partial charge in [-0.1, -0.05) is 33.9 Å². The highest BCUT2D eigenvalue weighted by Gasteiger charge is 2.40. The summed E-state index contributed by atoms with van der Waals surface area (Å²) in [4.78, 5) is 0. The van der Waals surface area contributed by atoms with Gasteiger partial charge in [-0.2, -0.15) is 11.2 Å². The average Bonchev–Trinajstić information content (AvgIpc) is 2.14. The van der Waals surface area contributed by atoms with Crippen molar-refractivity contribution in [1.29, 1.82) is 0 Å². The summed E-state index contributed by atoms with van der Waals surface area (Å²) in [6.45, 7) is 19.8. The van der Waals surface area contributed by atoms with E-state index in [1.54, 1.807) is 0 Å². The van der Waals surface area contributed by atoms with Crippen LogP contribution in [-0.4, -0.2) is 34.4 Å². The Hall–Kier alpha value is 0.704. The third-order valence-electron chi connectivity index (χ3n) is 3.40. The zero-order chi connectivity index (χ0) is 13.7. The molecule has 0 spiro atoms. The fraction of sp³-hybridized carbons (Fsp3) is 1.00. The smallest absolute Gasteiger partial charge is 0.344 e. The van der Waals surface area contributed by atoms with E-state index in [0.717, 1.165) is 18.6 Å². The van der Waals surface area contributed by atoms with E-state index in [1.807, 2.05) is 0 Å². The van der Waals surface area contributed by atoms with Gasteiger partial charge in [0.2, 0.25) is 0 Å². The first kappa shape index (κ1) is 17.7. The van der Waals surface area contributed by atoms with Gasteiger partial charge in [0.15, 0.2) is 0 Å². The summed E-state index contributed by atoms with van der Waals surface area (Å²) < 4.78 is 11.8. The van der Waals surface area contributed by atoms with Crippen LogP contribution >= 0.6 is 11.2 Å². The lowest BCUT2D eigenvalue weighted by molar-refractivity contribution is 0.195. The van der Waals surface area contributed by atoms with Crippen LogP contribution in [0.4, 0.5) is 0 Å². The molecule has 0 aromatic rings. The first-order chi connectivity index (χ1) is 7.58. The highest BCUT2D eigenvalue weighted by atomic mass is 32.4. The van der Waals surface area contributed by atoms with E-state index in [-0.39, 0.29) is 0 Å². The molecule has 0 unspecified atom stereocenters. The zero-order valence-corrected chi connectivity index (χ0v) is 15.7. The SMILES string of the molecule is CCO[Si](C)(CS[Si](C)(C)C(C)(C)C)OCC. The van der Waals surface area contributed by atoms with Crippen molar-refractivity contribution in [3.8, 4) is 0 Å². The molecule has 0 N–H and O–H groups in total. The number of rotatable bonds is 7. The largest absolute Gasteiger partial charge is 0.394 e. The Bertz CT molecular complexity index is 221. The third kappa shape index (κ3) is 5.92. The molecular weight excluding hydrogens is 264 g/mol. The fourth-order valence-corrected chi connectivity index (χ4v) is 13.1. The van der Waals surface area contributed by atoms with E-state index >= 15 is 0 Å². The Kier molecular flexibility index (Phi) is 7.03. The van der Waals surface area contributed by atoms with Crippen LogP contribution in [0.5, 0.6) is 0 Å². The maximum Gasteiger partial charge on any atom is 0.344 e. The van der Waals surface area contributed by atoms with E-state index in [9.17, 15) is 0 Å². The predicted molar refractivity (Wildman–Crippen MR) is 84.5 cm³/mol. The van der Waals surface area contributed by atoms with E-state index in [2.05, 4.69) is 65.5 Å². The molecule has 0 amide bonds. The first-order valence-electron chi connectivity index (χ1n) is 6.50. The Morgan fingerprint density at radius 3 is 1.65 bits per heavy atom. The monoisotopic (exact) mass is 294 g/mol. The Morgan fingerprint density at radius 1 is 0.941 bits per heavy atom. The van der Waals surface area contributed by atoms with Crippen molar-refractivity contribution in [2.24, 2.45) is 0 Å². The molecule has 0 heterocycles. The zero-order valence-electron chi connectivity index (χ0n) is 12.8. The summed E-state index contributed by atoms with van der Waals surface area (Å²) in [5, 5.41) is 1.48. The van der Waals surface area contributed by atoms with Gasteiger partial charge in [0, 0.05) is 18.6 Å². The first-order valence-corrected chi connectivity index (χ1v) is 13.7. The molecule has 0 atom stereocenters. The molecule has 5 heteroatoms. The molecule has 0 bridgehead atoms. The Morgan fingerprint density at radius 2 is 1.35 bits per heavy atom.